The van der Waals surface area contributed by atoms with Gasteiger partial charge in [0.05, 0.1) is 18.8 Å². The fraction of sp³-hybridized carbons (Fsp3) is 0.917. The van der Waals surface area contributed by atoms with E-state index in [-0.39, 0.29) is 0 Å². The lowest BCUT2D eigenvalue weighted by molar-refractivity contribution is -0.0365. The molecule has 0 amide bonds. The second-order valence-corrected chi connectivity index (χ2v) is 4.89. The van der Waals surface area contributed by atoms with Gasteiger partial charge in [0.15, 0.2) is 0 Å². The topological polar surface area (TPSA) is 39.5 Å². The van der Waals surface area contributed by atoms with Gasteiger partial charge in [-0.05, 0) is 19.9 Å². The molecule has 1 unspecified atom stereocenters. The van der Waals surface area contributed by atoms with Crippen molar-refractivity contribution in [2.75, 3.05) is 39.8 Å². The number of hydrogen-bond acceptors (Lipinski definition) is 4. The van der Waals surface area contributed by atoms with Crippen LogP contribution in [0.5, 0.6) is 0 Å². The van der Waals surface area contributed by atoms with Crippen LogP contribution in [0.4, 0.5) is 0 Å². The van der Waals surface area contributed by atoms with Gasteiger partial charge in [-0.1, -0.05) is 0 Å². The van der Waals surface area contributed by atoms with Crippen LogP contribution in [0.2, 0.25) is 0 Å². The number of nitriles is 1. The van der Waals surface area contributed by atoms with Crippen molar-refractivity contribution in [3.05, 3.63) is 0 Å². The normalized spacial score (nSPS) is 26.9. The number of morpholine rings is 1. The molecular formula is C12H21N3O. The number of rotatable bonds is 5. The molecule has 2 rings (SSSR count). The van der Waals surface area contributed by atoms with E-state index in [1.165, 1.54) is 12.8 Å². The van der Waals surface area contributed by atoms with E-state index in [1.807, 2.05) is 0 Å². The molecule has 1 aliphatic carbocycles. The zero-order valence-electron chi connectivity index (χ0n) is 10.1. The van der Waals surface area contributed by atoms with Gasteiger partial charge in [-0.3, -0.25) is 4.90 Å². The third-order valence-corrected chi connectivity index (χ3v) is 3.35. The summed E-state index contributed by atoms with van der Waals surface area (Å²) in [5, 5.41) is 8.65. The lowest BCUT2D eigenvalue weighted by Gasteiger charge is -2.33. The minimum absolute atomic E-state index is 0.332. The highest BCUT2D eigenvalue weighted by Crippen LogP contribution is 2.27. The van der Waals surface area contributed by atoms with E-state index in [2.05, 4.69) is 22.9 Å². The monoisotopic (exact) mass is 223 g/mol. The Morgan fingerprint density at radius 3 is 2.94 bits per heavy atom. The van der Waals surface area contributed by atoms with Crippen LogP contribution in [0.25, 0.3) is 0 Å². The minimum atomic E-state index is 0.332. The Kier molecular flexibility index (Phi) is 4.16. The van der Waals surface area contributed by atoms with Crippen LogP contribution in [0.3, 0.4) is 0 Å². The highest BCUT2D eigenvalue weighted by Gasteiger charge is 2.31. The Labute approximate surface area is 97.8 Å². The maximum absolute atomic E-state index is 8.65. The summed E-state index contributed by atoms with van der Waals surface area (Å²) in [6.07, 6.45) is 3.57. The van der Waals surface area contributed by atoms with Gasteiger partial charge in [-0.25, -0.2) is 0 Å². The molecule has 1 heterocycles. The molecule has 0 aromatic carbocycles. The van der Waals surface area contributed by atoms with Crippen molar-refractivity contribution in [2.45, 2.75) is 31.4 Å². The van der Waals surface area contributed by atoms with E-state index >= 15 is 0 Å². The summed E-state index contributed by atoms with van der Waals surface area (Å²) in [6, 6.07) is 2.96. The Hall–Kier alpha value is -0.630. The Morgan fingerprint density at radius 1 is 1.50 bits per heavy atom. The van der Waals surface area contributed by atoms with Gasteiger partial charge in [0.25, 0.3) is 0 Å². The van der Waals surface area contributed by atoms with E-state index < -0.39 is 0 Å². The molecule has 0 spiro atoms. The molecule has 0 radical (unpaired) electrons. The third-order valence-electron chi connectivity index (χ3n) is 3.35. The van der Waals surface area contributed by atoms with Gasteiger partial charge in [0.2, 0.25) is 0 Å². The first-order chi connectivity index (χ1) is 7.79. The maximum atomic E-state index is 8.65. The van der Waals surface area contributed by atoms with Crippen LogP contribution in [0.1, 0.15) is 19.3 Å². The van der Waals surface area contributed by atoms with Crippen molar-refractivity contribution in [3.63, 3.8) is 0 Å². The zero-order valence-corrected chi connectivity index (χ0v) is 10.1. The molecule has 1 atom stereocenters. The average molecular weight is 223 g/mol. The lowest BCUT2D eigenvalue weighted by atomic mass is 10.2. The van der Waals surface area contributed by atoms with Gasteiger partial charge in [-0.2, -0.15) is 5.26 Å². The first kappa shape index (κ1) is 11.8. The van der Waals surface area contributed by atoms with E-state index in [4.69, 9.17) is 10.00 Å². The second-order valence-electron chi connectivity index (χ2n) is 4.89. The van der Waals surface area contributed by atoms with Gasteiger partial charge < -0.3 is 9.64 Å². The van der Waals surface area contributed by atoms with Gasteiger partial charge in [0, 0.05) is 38.6 Å². The van der Waals surface area contributed by atoms with Crippen molar-refractivity contribution >= 4 is 0 Å². The van der Waals surface area contributed by atoms with Gasteiger partial charge in [-0.15, -0.1) is 0 Å². The van der Waals surface area contributed by atoms with Crippen LogP contribution in [-0.4, -0.2) is 61.8 Å². The summed E-state index contributed by atoms with van der Waals surface area (Å²) in [7, 11) is 2.15. The predicted octanol–water partition coefficient (Wildman–Crippen LogP) is 0.695. The van der Waals surface area contributed by atoms with Gasteiger partial charge in [0.1, 0.15) is 0 Å². The van der Waals surface area contributed by atoms with Crippen molar-refractivity contribution in [1.82, 2.24) is 9.80 Å². The number of ether oxygens (including phenoxy) is 1. The summed E-state index contributed by atoms with van der Waals surface area (Å²) in [6.45, 7) is 4.81. The molecule has 0 aromatic heterocycles. The standard InChI is InChI=1S/C12H21N3O/c1-14-7-8-16-12(9-14)10-15(6-2-5-13)11-3-4-11/h11-12H,2-4,6-10H2,1H3. The highest BCUT2D eigenvalue weighted by atomic mass is 16.5. The Bertz CT molecular complexity index is 259. The fourth-order valence-electron chi connectivity index (χ4n) is 2.30. The summed E-state index contributed by atoms with van der Waals surface area (Å²) in [5.74, 6) is 0. The smallest absolute Gasteiger partial charge is 0.0829 e. The van der Waals surface area contributed by atoms with Gasteiger partial charge >= 0.3 is 0 Å². The summed E-state index contributed by atoms with van der Waals surface area (Å²) in [5.41, 5.74) is 0. The summed E-state index contributed by atoms with van der Waals surface area (Å²) in [4.78, 5) is 4.76. The summed E-state index contributed by atoms with van der Waals surface area (Å²) >= 11 is 0. The molecule has 2 aliphatic rings. The van der Waals surface area contributed by atoms with E-state index in [0.29, 0.717) is 12.5 Å². The molecular weight excluding hydrogens is 202 g/mol. The van der Waals surface area contributed by atoms with Crippen LogP contribution < -0.4 is 0 Å². The molecule has 1 saturated heterocycles. The lowest BCUT2D eigenvalue weighted by Crippen LogP contribution is -2.46. The molecule has 2 fully saturated rings. The van der Waals surface area contributed by atoms with Crippen LogP contribution >= 0.6 is 0 Å². The summed E-state index contributed by atoms with van der Waals surface area (Å²) < 4.78 is 5.77. The molecule has 0 aromatic rings. The van der Waals surface area contributed by atoms with Crippen LogP contribution in [0, 0.1) is 11.3 Å². The van der Waals surface area contributed by atoms with Crippen molar-refractivity contribution in [1.29, 1.82) is 5.26 Å². The molecule has 4 nitrogen and oxygen atoms in total. The van der Waals surface area contributed by atoms with Crippen molar-refractivity contribution in [2.24, 2.45) is 0 Å². The zero-order chi connectivity index (χ0) is 11.4. The second kappa shape index (κ2) is 5.62. The van der Waals surface area contributed by atoms with Crippen molar-refractivity contribution < 1.29 is 4.74 Å². The maximum Gasteiger partial charge on any atom is 0.0829 e. The van der Waals surface area contributed by atoms with Crippen LogP contribution in [0.15, 0.2) is 0 Å². The SMILES string of the molecule is CN1CCOC(CN(CCC#N)C2CC2)C1. The molecule has 1 aliphatic heterocycles. The third kappa shape index (κ3) is 3.44. The molecule has 16 heavy (non-hydrogen) atoms. The van der Waals surface area contributed by atoms with E-state index in [0.717, 1.165) is 38.8 Å². The Morgan fingerprint density at radius 2 is 2.31 bits per heavy atom. The molecule has 1 saturated carbocycles. The first-order valence-electron chi connectivity index (χ1n) is 6.20. The van der Waals surface area contributed by atoms with Crippen LogP contribution in [-0.2, 0) is 4.74 Å². The molecule has 0 bridgehead atoms. The quantitative estimate of drug-likeness (QED) is 0.687. The first-order valence-corrected chi connectivity index (χ1v) is 6.20. The predicted molar refractivity (Wildman–Crippen MR) is 62.1 cm³/mol. The molecule has 0 N–H and O–H groups in total. The fourth-order valence-corrected chi connectivity index (χ4v) is 2.30. The molecule has 4 heteroatoms. The minimum Gasteiger partial charge on any atom is -0.374 e. The van der Waals surface area contributed by atoms with E-state index in [1.54, 1.807) is 0 Å². The molecule has 90 valence electrons. The van der Waals surface area contributed by atoms with E-state index in [9.17, 15) is 0 Å². The Balaban J connectivity index is 1.77. The largest absolute Gasteiger partial charge is 0.374 e. The number of nitrogens with zero attached hydrogens (tertiary/aromatic N) is 3. The number of likely N-dealkylation sites (N-methyl/N-ethyl adjacent to an activating group) is 1. The number of hydrogen-bond donors (Lipinski definition) is 0. The van der Waals surface area contributed by atoms with Crippen molar-refractivity contribution in [3.8, 4) is 6.07 Å². The average Bonchev–Trinajstić information content (AvgIpc) is 3.08. The highest BCUT2D eigenvalue weighted by molar-refractivity contribution is 4.88.